The summed E-state index contributed by atoms with van der Waals surface area (Å²) in [6.45, 7) is 6.13. The fourth-order valence-electron chi connectivity index (χ4n) is 1.19. The largest absolute Gasteiger partial charge is 0.248 e. The van der Waals surface area contributed by atoms with Gasteiger partial charge in [-0.15, -0.1) is 0 Å². The van der Waals surface area contributed by atoms with Crippen LogP contribution in [0.2, 0.25) is 0 Å². The van der Waals surface area contributed by atoms with E-state index in [-0.39, 0.29) is 0 Å². The van der Waals surface area contributed by atoms with Crippen molar-refractivity contribution in [1.82, 2.24) is 0 Å². The van der Waals surface area contributed by atoms with Crippen molar-refractivity contribution in [2.45, 2.75) is 31.6 Å². The van der Waals surface area contributed by atoms with E-state index in [1.54, 1.807) is 0 Å². The normalized spacial score (nSPS) is 13.3. The minimum atomic E-state index is -1.37. The van der Waals surface area contributed by atoms with Crippen molar-refractivity contribution in [3.63, 3.8) is 0 Å². The Morgan fingerprint density at radius 2 is 2.00 bits per heavy atom. The van der Waals surface area contributed by atoms with Gasteiger partial charge in [-0.1, -0.05) is 26.0 Å². The molecule has 13 heavy (non-hydrogen) atoms. The maximum Gasteiger partial charge on any atom is 0.122 e. The van der Waals surface area contributed by atoms with Crippen molar-refractivity contribution in [3.8, 4) is 0 Å². The number of aryl methyl sites for hydroxylation is 1. The van der Waals surface area contributed by atoms with E-state index in [4.69, 9.17) is 5.14 Å². The summed E-state index contributed by atoms with van der Waals surface area (Å²) in [5.74, 6) is 0.447. The van der Waals surface area contributed by atoms with Gasteiger partial charge in [0.1, 0.15) is 11.0 Å². The second-order valence-electron chi connectivity index (χ2n) is 3.48. The SMILES string of the molecule is Cc1ccc(C(C)C)cc1S(N)=O. The summed E-state index contributed by atoms with van der Waals surface area (Å²) in [6, 6.07) is 5.95. The van der Waals surface area contributed by atoms with Crippen LogP contribution >= 0.6 is 0 Å². The molecule has 0 radical (unpaired) electrons. The lowest BCUT2D eigenvalue weighted by Gasteiger charge is -2.08. The third-order valence-corrected chi connectivity index (χ3v) is 2.97. The van der Waals surface area contributed by atoms with Gasteiger partial charge >= 0.3 is 0 Å². The van der Waals surface area contributed by atoms with Gasteiger partial charge in [-0.25, -0.2) is 9.35 Å². The highest BCUT2D eigenvalue weighted by molar-refractivity contribution is 7.82. The van der Waals surface area contributed by atoms with E-state index < -0.39 is 11.0 Å². The lowest BCUT2D eigenvalue weighted by molar-refractivity contribution is 0.683. The standard InChI is InChI=1S/C10H15NOS/c1-7(2)9-5-4-8(3)10(6-9)13(11)12/h4-7H,11H2,1-3H3. The van der Waals surface area contributed by atoms with E-state index >= 15 is 0 Å². The molecule has 0 amide bonds. The zero-order chi connectivity index (χ0) is 10.0. The summed E-state index contributed by atoms with van der Waals surface area (Å²) < 4.78 is 11.1. The molecule has 0 aliphatic heterocycles. The van der Waals surface area contributed by atoms with Crippen LogP contribution in [0, 0.1) is 6.92 Å². The molecule has 0 fully saturated rings. The summed E-state index contributed by atoms with van der Waals surface area (Å²) in [5.41, 5.74) is 2.17. The van der Waals surface area contributed by atoms with E-state index in [9.17, 15) is 4.21 Å². The summed E-state index contributed by atoms with van der Waals surface area (Å²) in [7, 11) is -1.37. The van der Waals surface area contributed by atoms with Gasteiger partial charge in [0.15, 0.2) is 0 Å². The molecular formula is C10H15NOS. The van der Waals surface area contributed by atoms with Crippen molar-refractivity contribution >= 4 is 11.0 Å². The highest BCUT2D eigenvalue weighted by Gasteiger charge is 2.06. The van der Waals surface area contributed by atoms with Crippen LogP contribution in [0.15, 0.2) is 23.1 Å². The highest BCUT2D eigenvalue weighted by Crippen LogP contribution is 2.19. The fraction of sp³-hybridized carbons (Fsp3) is 0.400. The minimum absolute atomic E-state index is 0.447. The first-order chi connectivity index (χ1) is 6.02. The molecule has 0 aromatic heterocycles. The highest BCUT2D eigenvalue weighted by atomic mass is 32.2. The van der Waals surface area contributed by atoms with Gasteiger partial charge in [0.05, 0.1) is 4.90 Å². The third-order valence-electron chi connectivity index (χ3n) is 2.10. The molecule has 2 N–H and O–H groups in total. The lowest BCUT2D eigenvalue weighted by Crippen LogP contribution is -2.05. The Morgan fingerprint density at radius 3 is 2.46 bits per heavy atom. The lowest BCUT2D eigenvalue weighted by atomic mass is 10.0. The molecule has 72 valence electrons. The van der Waals surface area contributed by atoms with Crippen LogP contribution in [0.3, 0.4) is 0 Å². The van der Waals surface area contributed by atoms with Crippen LogP contribution in [0.25, 0.3) is 0 Å². The van der Waals surface area contributed by atoms with Gasteiger partial charge in [0.25, 0.3) is 0 Å². The van der Waals surface area contributed by atoms with E-state index in [1.165, 1.54) is 5.56 Å². The molecule has 1 aromatic carbocycles. The quantitative estimate of drug-likeness (QED) is 0.775. The number of hydrogen-bond donors (Lipinski definition) is 1. The van der Waals surface area contributed by atoms with E-state index in [1.807, 2.05) is 19.1 Å². The minimum Gasteiger partial charge on any atom is -0.248 e. The van der Waals surface area contributed by atoms with Crippen molar-refractivity contribution in [1.29, 1.82) is 0 Å². The second kappa shape index (κ2) is 4.03. The van der Waals surface area contributed by atoms with Gasteiger partial charge in [0.2, 0.25) is 0 Å². The molecule has 1 rings (SSSR count). The molecule has 0 aliphatic carbocycles. The van der Waals surface area contributed by atoms with Crippen molar-refractivity contribution < 1.29 is 4.21 Å². The van der Waals surface area contributed by atoms with E-state index in [0.717, 1.165) is 10.5 Å². The van der Waals surface area contributed by atoms with E-state index in [0.29, 0.717) is 5.92 Å². The average molecular weight is 197 g/mol. The molecule has 0 aliphatic rings. The van der Waals surface area contributed by atoms with Crippen LogP contribution < -0.4 is 5.14 Å². The molecule has 0 heterocycles. The second-order valence-corrected chi connectivity index (χ2v) is 4.51. The van der Waals surface area contributed by atoms with Crippen LogP contribution in [-0.2, 0) is 11.0 Å². The molecule has 1 atom stereocenters. The Kier molecular flexibility index (Phi) is 3.22. The zero-order valence-electron chi connectivity index (χ0n) is 8.20. The Morgan fingerprint density at radius 1 is 1.38 bits per heavy atom. The Balaban J connectivity index is 3.19. The van der Waals surface area contributed by atoms with Crippen LogP contribution in [0.4, 0.5) is 0 Å². The fourth-order valence-corrected chi connectivity index (χ4v) is 1.83. The van der Waals surface area contributed by atoms with Crippen molar-refractivity contribution in [2.24, 2.45) is 5.14 Å². The molecule has 2 nitrogen and oxygen atoms in total. The van der Waals surface area contributed by atoms with Crippen LogP contribution in [0.5, 0.6) is 0 Å². The first-order valence-electron chi connectivity index (χ1n) is 4.29. The average Bonchev–Trinajstić information content (AvgIpc) is 2.04. The Bertz CT molecular complexity index is 334. The Labute approximate surface area is 81.7 Å². The monoisotopic (exact) mass is 197 g/mol. The third kappa shape index (κ3) is 2.39. The predicted molar refractivity (Wildman–Crippen MR) is 55.9 cm³/mol. The summed E-state index contributed by atoms with van der Waals surface area (Å²) in [4.78, 5) is 0.742. The first-order valence-corrected chi connectivity index (χ1v) is 5.50. The van der Waals surface area contributed by atoms with Crippen LogP contribution in [0.1, 0.15) is 30.9 Å². The predicted octanol–water partition coefficient (Wildman–Crippen LogP) is 2.10. The molecule has 1 unspecified atom stereocenters. The molecule has 0 saturated carbocycles. The molecular weight excluding hydrogens is 182 g/mol. The number of benzene rings is 1. The van der Waals surface area contributed by atoms with Gasteiger partial charge in [-0.05, 0) is 30.0 Å². The topological polar surface area (TPSA) is 43.1 Å². The maximum absolute atomic E-state index is 11.1. The maximum atomic E-state index is 11.1. The molecule has 1 aromatic rings. The van der Waals surface area contributed by atoms with Gasteiger partial charge in [-0.3, -0.25) is 0 Å². The van der Waals surface area contributed by atoms with E-state index in [2.05, 4.69) is 19.9 Å². The van der Waals surface area contributed by atoms with Crippen LogP contribution in [-0.4, -0.2) is 4.21 Å². The Hall–Kier alpha value is -0.670. The molecule has 0 saturated heterocycles. The molecule has 0 spiro atoms. The molecule has 3 heteroatoms. The van der Waals surface area contributed by atoms with Crippen molar-refractivity contribution in [2.75, 3.05) is 0 Å². The zero-order valence-corrected chi connectivity index (χ0v) is 9.02. The summed E-state index contributed by atoms with van der Waals surface area (Å²) >= 11 is 0. The van der Waals surface area contributed by atoms with Gasteiger partial charge < -0.3 is 0 Å². The first kappa shape index (κ1) is 10.4. The summed E-state index contributed by atoms with van der Waals surface area (Å²) in [6.07, 6.45) is 0. The van der Waals surface area contributed by atoms with Gasteiger partial charge in [-0.2, -0.15) is 0 Å². The number of rotatable bonds is 2. The number of hydrogen-bond acceptors (Lipinski definition) is 1. The number of nitrogens with two attached hydrogens (primary N) is 1. The van der Waals surface area contributed by atoms with Crippen molar-refractivity contribution in [3.05, 3.63) is 29.3 Å². The smallest absolute Gasteiger partial charge is 0.122 e. The van der Waals surface area contributed by atoms with Gasteiger partial charge in [0, 0.05) is 0 Å². The summed E-state index contributed by atoms with van der Waals surface area (Å²) in [5, 5.41) is 5.36. The molecule has 0 bridgehead atoms.